The minimum absolute atomic E-state index is 0.111. The Labute approximate surface area is 94.7 Å². The van der Waals surface area contributed by atoms with E-state index in [-0.39, 0.29) is 11.9 Å². The Balaban J connectivity index is 1.93. The molecule has 0 aromatic carbocycles. The first kappa shape index (κ1) is 11.0. The standard InChI is InChI=1S/C11H16N4O/c12-11(13)10-8-15(5-6-16-10)7-9-1-3-14-4-2-9/h1-4,10H,5-8H2,(H3,12,13). The summed E-state index contributed by atoms with van der Waals surface area (Å²) in [6, 6.07) is 4.00. The van der Waals surface area contributed by atoms with Gasteiger partial charge in [0, 0.05) is 32.0 Å². The van der Waals surface area contributed by atoms with E-state index in [0.717, 1.165) is 13.1 Å². The highest BCUT2D eigenvalue weighted by atomic mass is 16.5. The fourth-order valence-corrected chi connectivity index (χ4v) is 1.78. The molecule has 0 radical (unpaired) electrons. The first-order valence-electron chi connectivity index (χ1n) is 5.32. The maximum Gasteiger partial charge on any atom is 0.127 e. The van der Waals surface area contributed by atoms with Gasteiger partial charge < -0.3 is 10.5 Å². The molecule has 2 heterocycles. The molecule has 0 saturated carbocycles. The molecular weight excluding hydrogens is 204 g/mol. The molecule has 3 N–H and O–H groups in total. The third-order valence-corrected chi connectivity index (χ3v) is 2.65. The quantitative estimate of drug-likeness (QED) is 0.564. The number of ether oxygens (including phenoxy) is 1. The van der Waals surface area contributed by atoms with Gasteiger partial charge in [-0.1, -0.05) is 0 Å². The van der Waals surface area contributed by atoms with Crippen molar-refractivity contribution < 1.29 is 4.74 Å². The molecule has 1 fully saturated rings. The van der Waals surface area contributed by atoms with Crippen molar-refractivity contribution >= 4 is 5.84 Å². The number of pyridine rings is 1. The van der Waals surface area contributed by atoms with E-state index in [1.54, 1.807) is 12.4 Å². The van der Waals surface area contributed by atoms with Crippen LogP contribution in [0.25, 0.3) is 0 Å². The average Bonchev–Trinajstić information content (AvgIpc) is 2.30. The van der Waals surface area contributed by atoms with Gasteiger partial charge in [-0.2, -0.15) is 0 Å². The Kier molecular flexibility index (Phi) is 3.48. The van der Waals surface area contributed by atoms with Gasteiger partial charge in [0.05, 0.1) is 6.61 Å². The summed E-state index contributed by atoms with van der Waals surface area (Å²) < 4.78 is 5.40. The number of nitrogens with zero attached hydrogens (tertiary/aromatic N) is 2. The first-order chi connectivity index (χ1) is 7.75. The first-order valence-corrected chi connectivity index (χ1v) is 5.32. The molecule has 86 valence electrons. The Hall–Kier alpha value is -1.46. The van der Waals surface area contributed by atoms with Crippen LogP contribution in [-0.4, -0.2) is 41.5 Å². The summed E-state index contributed by atoms with van der Waals surface area (Å²) in [6.07, 6.45) is 3.33. The number of nitrogens with one attached hydrogen (secondary N) is 1. The molecular formula is C11H16N4O. The zero-order chi connectivity index (χ0) is 11.4. The van der Waals surface area contributed by atoms with Crippen molar-refractivity contribution in [1.82, 2.24) is 9.88 Å². The molecule has 1 unspecified atom stereocenters. The number of rotatable bonds is 3. The third-order valence-electron chi connectivity index (χ3n) is 2.65. The average molecular weight is 220 g/mol. The molecule has 0 bridgehead atoms. The van der Waals surface area contributed by atoms with Crippen LogP contribution in [0, 0.1) is 5.41 Å². The van der Waals surface area contributed by atoms with Crippen molar-refractivity contribution in [3.05, 3.63) is 30.1 Å². The summed E-state index contributed by atoms with van der Waals surface area (Å²) in [4.78, 5) is 6.23. The van der Waals surface area contributed by atoms with E-state index in [2.05, 4.69) is 9.88 Å². The highest BCUT2D eigenvalue weighted by molar-refractivity contribution is 5.82. The summed E-state index contributed by atoms with van der Waals surface area (Å²) in [5.74, 6) is 0.111. The molecule has 1 aromatic rings. The van der Waals surface area contributed by atoms with Gasteiger partial charge in [-0.3, -0.25) is 15.3 Å². The summed E-state index contributed by atoms with van der Waals surface area (Å²) >= 11 is 0. The molecule has 0 amide bonds. The Morgan fingerprint density at radius 1 is 1.56 bits per heavy atom. The van der Waals surface area contributed by atoms with E-state index in [1.165, 1.54) is 5.56 Å². The van der Waals surface area contributed by atoms with Gasteiger partial charge in [-0.15, -0.1) is 0 Å². The predicted octanol–water partition coefficient (Wildman–Crippen LogP) is 0.218. The molecule has 16 heavy (non-hydrogen) atoms. The van der Waals surface area contributed by atoms with Crippen molar-refractivity contribution in [3.63, 3.8) is 0 Å². The summed E-state index contributed by atoms with van der Waals surface area (Å²) in [5.41, 5.74) is 6.67. The van der Waals surface area contributed by atoms with Crippen LogP contribution in [0.3, 0.4) is 0 Å². The van der Waals surface area contributed by atoms with Crippen LogP contribution in [0.1, 0.15) is 5.56 Å². The number of hydrogen-bond acceptors (Lipinski definition) is 4. The van der Waals surface area contributed by atoms with E-state index in [1.807, 2.05) is 12.1 Å². The summed E-state index contributed by atoms with van der Waals surface area (Å²) in [7, 11) is 0. The lowest BCUT2D eigenvalue weighted by Crippen LogP contribution is -2.47. The van der Waals surface area contributed by atoms with Crippen LogP contribution in [-0.2, 0) is 11.3 Å². The Morgan fingerprint density at radius 3 is 3.00 bits per heavy atom. The molecule has 1 atom stereocenters. The monoisotopic (exact) mass is 220 g/mol. The molecule has 1 aliphatic rings. The number of aromatic nitrogens is 1. The van der Waals surface area contributed by atoms with Crippen LogP contribution in [0.4, 0.5) is 0 Å². The second-order valence-corrected chi connectivity index (χ2v) is 3.91. The van der Waals surface area contributed by atoms with Crippen molar-refractivity contribution in [1.29, 1.82) is 5.41 Å². The minimum Gasteiger partial charge on any atom is -0.385 e. The van der Waals surface area contributed by atoms with E-state index >= 15 is 0 Å². The normalized spacial score (nSPS) is 21.9. The van der Waals surface area contributed by atoms with Crippen molar-refractivity contribution in [2.75, 3.05) is 19.7 Å². The summed E-state index contributed by atoms with van der Waals surface area (Å²) in [6.45, 7) is 3.06. The maximum absolute atomic E-state index is 7.37. The van der Waals surface area contributed by atoms with Crippen LogP contribution >= 0.6 is 0 Å². The number of amidine groups is 1. The van der Waals surface area contributed by atoms with E-state index in [9.17, 15) is 0 Å². The van der Waals surface area contributed by atoms with E-state index in [0.29, 0.717) is 13.2 Å². The van der Waals surface area contributed by atoms with Gasteiger partial charge in [0.25, 0.3) is 0 Å². The summed E-state index contributed by atoms with van der Waals surface area (Å²) in [5, 5.41) is 7.37. The lowest BCUT2D eigenvalue weighted by Gasteiger charge is -2.32. The SMILES string of the molecule is N=C(N)C1CN(Cc2ccncc2)CCO1. The van der Waals surface area contributed by atoms with Crippen LogP contribution in [0.15, 0.2) is 24.5 Å². The van der Waals surface area contributed by atoms with Gasteiger partial charge in [-0.25, -0.2) is 0 Å². The lowest BCUT2D eigenvalue weighted by atomic mass is 10.2. The highest BCUT2D eigenvalue weighted by Crippen LogP contribution is 2.09. The van der Waals surface area contributed by atoms with Gasteiger partial charge in [0.15, 0.2) is 0 Å². The topological polar surface area (TPSA) is 75.2 Å². The number of morpholine rings is 1. The maximum atomic E-state index is 7.37. The second kappa shape index (κ2) is 5.05. The molecule has 1 aromatic heterocycles. The molecule has 0 aliphatic carbocycles. The smallest absolute Gasteiger partial charge is 0.127 e. The Bertz CT molecular complexity index is 354. The van der Waals surface area contributed by atoms with Crippen molar-refractivity contribution in [2.45, 2.75) is 12.6 Å². The van der Waals surface area contributed by atoms with Crippen LogP contribution in [0.5, 0.6) is 0 Å². The predicted molar refractivity (Wildman–Crippen MR) is 61.2 cm³/mol. The third kappa shape index (κ3) is 2.77. The largest absolute Gasteiger partial charge is 0.385 e. The minimum atomic E-state index is -0.254. The van der Waals surface area contributed by atoms with Gasteiger partial charge in [0.2, 0.25) is 0 Å². The van der Waals surface area contributed by atoms with Crippen LogP contribution < -0.4 is 5.73 Å². The van der Waals surface area contributed by atoms with Crippen LogP contribution in [0.2, 0.25) is 0 Å². The number of hydrogen-bond donors (Lipinski definition) is 2. The zero-order valence-electron chi connectivity index (χ0n) is 9.10. The van der Waals surface area contributed by atoms with E-state index < -0.39 is 0 Å². The molecule has 5 heteroatoms. The molecule has 0 spiro atoms. The number of nitrogens with two attached hydrogens (primary N) is 1. The molecule has 1 aliphatic heterocycles. The fourth-order valence-electron chi connectivity index (χ4n) is 1.78. The van der Waals surface area contributed by atoms with Crippen molar-refractivity contribution in [3.8, 4) is 0 Å². The lowest BCUT2D eigenvalue weighted by molar-refractivity contribution is 0.00235. The van der Waals surface area contributed by atoms with E-state index in [4.69, 9.17) is 15.9 Å². The zero-order valence-corrected chi connectivity index (χ0v) is 9.10. The van der Waals surface area contributed by atoms with Gasteiger partial charge >= 0.3 is 0 Å². The second-order valence-electron chi connectivity index (χ2n) is 3.91. The molecule has 2 rings (SSSR count). The fraction of sp³-hybridized carbons (Fsp3) is 0.455. The van der Waals surface area contributed by atoms with Gasteiger partial charge in [-0.05, 0) is 17.7 Å². The molecule has 1 saturated heterocycles. The highest BCUT2D eigenvalue weighted by Gasteiger charge is 2.22. The molecule has 5 nitrogen and oxygen atoms in total. The van der Waals surface area contributed by atoms with Crippen molar-refractivity contribution in [2.24, 2.45) is 5.73 Å². The Morgan fingerprint density at radius 2 is 2.31 bits per heavy atom. The van der Waals surface area contributed by atoms with Gasteiger partial charge in [0.1, 0.15) is 11.9 Å².